The third-order valence-corrected chi connectivity index (χ3v) is 3.35. The van der Waals surface area contributed by atoms with Crippen LogP contribution in [-0.4, -0.2) is 9.78 Å². The van der Waals surface area contributed by atoms with Crippen LogP contribution in [0.25, 0.3) is 5.69 Å². The van der Waals surface area contributed by atoms with E-state index in [1.807, 2.05) is 0 Å². The van der Waals surface area contributed by atoms with E-state index in [9.17, 15) is 17.6 Å². The number of nitrogens with two attached hydrogens (primary N) is 1. The van der Waals surface area contributed by atoms with Crippen molar-refractivity contribution in [1.29, 1.82) is 0 Å². The standard InChI is InChI=1S/C11H8BrF4N3/c12-9-6(5-17)1-2-7(10(9)13)19-4-3-8(18-19)11(14,15)16/h1-4H,5,17H2. The molecule has 0 amide bonds. The molecule has 0 aliphatic rings. The summed E-state index contributed by atoms with van der Waals surface area (Å²) < 4.78 is 52.2. The molecule has 1 heterocycles. The molecule has 3 nitrogen and oxygen atoms in total. The second kappa shape index (κ2) is 4.93. The molecule has 0 aliphatic carbocycles. The van der Waals surface area contributed by atoms with Crippen LogP contribution in [-0.2, 0) is 12.7 Å². The van der Waals surface area contributed by atoms with Gasteiger partial charge in [-0.3, -0.25) is 0 Å². The van der Waals surface area contributed by atoms with Gasteiger partial charge in [0.25, 0.3) is 0 Å². The van der Waals surface area contributed by atoms with Crippen LogP contribution in [0.15, 0.2) is 28.9 Å². The van der Waals surface area contributed by atoms with Gasteiger partial charge in [-0.05, 0) is 33.6 Å². The Morgan fingerprint density at radius 2 is 1.95 bits per heavy atom. The number of hydrogen-bond acceptors (Lipinski definition) is 2. The third-order valence-electron chi connectivity index (χ3n) is 2.49. The smallest absolute Gasteiger partial charge is 0.326 e. The van der Waals surface area contributed by atoms with Gasteiger partial charge >= 0.3 is 6.18 Å². The fourth-order valence-corrected chi connectivity index (χ4v) is 2.02. The Kier molecular flexibility index (Phi) is 3.64. The molecule has 0 fully saturated rings. The lowest BCUT2D eigenvalue weighted by atomic mass is 10.2. The van der Waals surface area contributed by atoms with Crippen LogP contribution in [0, 0.1) is 5.82 Å². The van der Waals surface area contributed by atoms with Gasteiger partial charge in [-0.15, -0.1) is 0 Å². The van der Waals surface area contributed by atoms with E-state index >= 15 is 0 Å². The van der Waals surface area contributed by atoms with E-state index in [1.165, 1.54) is 12.1 Å². The van der Waals surface area contributed by atoms with E-state index in [2.05, 4.69) is 21.0 Å². The number of hydrogen-bond donors (Lipinski definition) is 1. The molecular weight excluding hydrogens is 330 g/mol. The number of halogens is 5. The molecule has 0 radical (unpaired) electrons. The zero-order valence-electron chi connectivity index (χ0n) is 9.38. The van der Waals surface area contributed by atoms with Crippen molar-refractivity contribution in [2.24, 2.45) is 5.73 Å². The number of aromatic nitrogens is 2. The number of benzene rings is 1. The maximum atomic E-state index is 14.0. The molecule has 2 rings (SSSR count). The van der Waals surface area contributed by atoms with E-state index in [0.29, 0.717) is 5.56 Å². The minimum Gasteiger partial charge on any atom is -0.326 e. The number of nitrogens with zero attached hydrogens (tertiary/aromatic N) is 2. The summed E-state index contributed by atoms with van der Waals surface area (Å²) in [5.74, 6) is -0.709. The number of alkyl halides is 3. The second-order valence-electron chi connectivity index (χ2n) is 3.72. The molecule has 0 aliphatic heterocycles. The van der Waals surface area contributed by atoms with Gasteiger partial charge in [0.1, 0.15) is 5.69 Å². The molecule has 8 heteroatoms. The highest BCUT2D eigenvalue weighted by Gasteiger charge is 2.33. The van der Waals surface area contributed by atoms with Crippen molar-refractivity contribution < 1.29 is 17.6 Å². The molecule has 102 valence electrons. The molecule has 19 heavy (non-hydrogen) atoms. The summed E-state index contributed by atoms with van der Waals surface area (Å²) >= 11 is 3.02. The molecule has 2 aromatic rings. The highest BCUT2D eigenvalue weighted by molar-refractivity contribution is 9.10. The van der Waals surface area contributed by atoms with Crippen LogP contribution in [0.3, 0.4) is 0 Å². The maximum absolute atomic E-state index is 14.0. The van der Waals surface area contributed by atoms with Gasteiger partial charge in [-0.25, -0.2) is 9.07 Å². The lowest BCUT2D eigenvalue weighted by Crippen LogP contribution is -2.08. The first-order valence-corrected chi connectivity index (χ1v) is 5.94. The fourth-order valence-electron chi connectivity index (χ4n) is 1.52. The van der Waals surface area contributed by atoms with Crippen LogP contribution in [0.1, 0.15) is 11.3 Å². The van der Waals surface area contributed by atoms with Gasteiger partial charge < -0.3 is 5.73 Å². The van der Waals surface area contributed by atoms with Crippen molar-refractivity contribution in [3.05, 3.63) is 45.9 Å². The van der Waals surface area contributed by atoms with Crippen LogP contribution in [0.5, 0.6) is 0 Å². The highest BCUT2D eigenvalue weighted by Crippen LogP contribution is 2.29. The predicted molar refractivity (Wildman–Crippen MR) is 64.1 cm³/mol. The summed E-state index contributed by atoms with van der Waals surface area (Å²) in [4.78, 5) is 0. The fraction of sp³-hybridized carbons (Fsp3) is 0.182. The SMILES string of the molecule is NCc1ccc(-n2ccc(C(F)(F)F)n2)c(F)c1Br. The Labute approximate surface area is 114 Å². The van der Waals surface area contributed by atoms with E-state index in [-0.39, 0.29) is 16.7 Å². The Morgan fingerprint density at radius 1 is 1.26 bits per heavy atom. The van der Waals surface area contributed by atoms with Gasteiger partial charge in [-0.2, -0.15) is 18.3 Å². The topological polar surface area (TPSA) is 43.8 Å². The summed E-state index contributed by atoms with van der Waals surface area (Å²) in [5.41, 5.74) is 4.76. The van der Waals surface area contributed by atoms with Crippen LogP contribution in [0.4, 0.5) is 17.6 Å². The quantitative estimate of drug-likeness (QED) is 0.855. The van der Waals surface area contributed by atoms with Gasteiger partial charge in [0.2, 0.25) is 0 Å². The largest absolute Gasteiger partial charge is 0.435 e. The van der Waals surface area contributed by atoms with Gasteiger partial charge in [0, 0.05) is 12.7 Å². The second-order valence-corrected chi connectivity index (χ2v) is 4.51. The van der Waals surface area contributed by atoms with Gasteiger partial charge in [0.15, 0.2) is 11.5 Å². The molecule has 0 saturated carbocycles. The molecule has 1 aromatic carbocycles. The normalized spacial score (nSPS) is 11.9. The van der Waals surface area contributed by atoms with E-state index in [0.717, 1.165) is 16.9 Å². The molecule has 0 unspecified atom stereocenters. The molecule has 0 saturated heterocycles. The first-order valence-electron chi connectivity index (χ1n) is 5.14. The zero-order chi connectivity index (χ0) is 14.2. The minimum atomic E-state index is -4.56. The lowest BCUT2D eigenvalue weighted by molar-refractivity contribution is -0.141. The van der Waals surface area contributed by atoms with Crippen molar-refractivity contribution in [2.75, 3.05) is 0 Å². The minimum absolute atomic E-state index is 0.0837. The van der Waals surface area contributed by atoms with Crippen molar-refractivity contribution >= 4 is 15.9 Å². The van der Waals surface area contributed by atoms with Crippen molar-refractivity contribution in [2.45, 2.75) is 12.7 Å². The molecule has 0 atom stereocenters. The first-order chi connectivity index (χ1) is 8.84. The monoisotopic (exact) mass is 337 g/mol. The summed E-state index contributed by atoms with van der Waals surface area (Å²) in [6, 6.07) is 3.64. The van der Waals surface area contributed by atoms with E-state index < -0.39 is 17.7 Å². The summed E-state index contributed by atoms with van der Waals surface area (Å²) in [6.07, 6.45) is -3.51. The van der Waals surface area contributed by atoms with Crippen LogP contribution in [0.2, 0.25) is 0 Å². The Bertz CT molecular complexity index is 606. The average molecular weight is 338 g/mol. The molecule has 2 N–H and O–H groups in total. The van der Waals surface area contributed by atoms with Gasteiger partial charge in [0.05, 0.1) is 4.47 Å². The Hall–Kier alpha value is -1.41. The molecule has 0 spiro atoms. The third kappa shape index (κ3) is 2.64. The summed E-state index contributed by atoms with van der Waals surface area (Å²) in [5, 5.41) is 3.31. The Morgan fingerprint density at radius 3 is 2.47 bits per heavy atom. The van der Waals surface area contributed by atoms with E-state index in [1.54, 1.807) is 0 Å². The predicted octanol–water partition coefficient (Wildman–Crippen LogP) is 3.25. The van der Waals surface area contributed by atoms with Gasteiger partial charge in [-0.1, -0.05) is 6.07 Å². The van der Waals surface area contributed by atoms with Crippen molar-refractivity contribution in [3.8, 4) is 5.69 Å². The number of rotatable bonds is 2. The molecule has 1 aromatic heterocycles. The van der Waals surface area contributed by atoms with Crippen molar-refractivity contribution in [3.63, 3.8) is 0 Å². The summed E-state index contributed by atoms with van der Waals surface area (Å²) in [6.45, 7) is 0.116. The van der Waals surface area contributed by atoms with Crippen molar-refractivity contribution in [1.82, 2.24) is 9.78 Å². The van der Waals surface area contributed by atoms with E-state index in [4.69, 9.17) is 5.73 Å². The first kappa shape index (κ1) is 14.0. The highest BCUT2D eigenvalue weighted by atomic mass is 79.9. The molecular formula is C11H8BrF4N3. The molecule has 0 bridgehead atoms. The average Bonchev–Trinajstić information content (AvgIpc) is 2.81. The van der Waals surface area contributed by atoms with Crippen LogP contribution >= 0.6 is 15.9 Å². The maximum Gasteiger partial charge on any atom is 0.435 e. The Balaban J connectivity index is 2.48. The summed E-state index contributed by atoms with van der Waals surface area (Å²) in [7, 11) is 0. The lowest BCUT2D eigenvalue weighted by Gasteiger charge is -2.08. The zero-order valence-corrected chi connectivity index (χ0v) is 11.0. The van der Waals surface area contributed by atoms with Crippen LogP contribution < -0.4 is 5.73 Å².